The summed E-state index contributed by atoms with van der Waals surface area (Å²) >= 11 is 0. The monoisotopic (exact) mass is 303 g/mol. The summed E-state index contributed by atoms with van der Waals surface area (Å²) in [5, 5.41) is 11.4. The highest BCUT2D eigenvalue weighted by molar-refractivity contribution is 5.86. The Morgan fingerprint density at radius 1 is 1.24 bits per heavy atom. The van der Waals surface area contributed by atoms with Crippen molar-refractivity contribution in [3.05, 3.63) is 0 Å². The minimum atomic E-state index is -1.14. The van der Waals surface area contributed by atoms with E-state index in [1.165, 1.54) is 19.1 Å². The highest BCUT2D eigenvalue weighted by Gasteiger charge is 2.23. The van der Waals surface area contributed by atoms with E-state index < -0.39 is 18.0 Å². The molecule has 0 aromatic carbocycles. The fourth-order valence-electron chi connectivity index (χ4n) is 1.70. The maximum atomic E-state index is 11.9. The van der Waals surface area contributed by atoms with Gasteiger partial charge in [0.1, 0.15) is 12.6 Å². The third-order valence-corrected chi connectivity index (χ3v) is 3.04. The summed E-state index contributed by atoms with van der Waals surface area (Å²) in [5.74, 6) is -1.31. The van der Waals surface area contributed by atoms with Crippen molar-refractivity contribution < 1.29 is 24.2 Å². The van der Waals surface area contributed by atoms with E-state index in [-0.39, 0.29) is 25.5 Å². The molecule has 8 heteroatoms. The Morgan fingerprint density at radius 2 is 1.81 bits per heavy atom. The van der Waals surface area contributed by atoms with Crippen LogP contribution in [-0.4, -0.2) is 79.3 Å². The summed E-state index contributed by atoms with van der Waals surface area (Å²) in [4.78, 5) is 37.6. The van der Waals surface area contributed by atoms with Crippen LogP contribution in [0.5, 0.6) is 0 Å². The number of methoxy groups -OCH3 is 1. The molecule has 3 amide bonds. The molecule has 0 heterocycles. The van der Waals surface area contributed by atoms with Crippen LogP contribution >= 0.6 is 0 Å². The molecule has 0 aliphatic rings. The Labute approximate surface area is 125 Å². The number of nitrogens with zero attached hydrogens (tertiary/aromatic N) is 2. The number of hydrogen-bond donors (Lipinski definition) is 2. The first-order valence-corrected chi connectivity index (χ1v) is 6.88. The van der Waals surface area contributed by atoms with Gasteiger partial charge in [-0.05, 0) is 13.8 Å². The highest BCUT2D eigenvalue weighted by Crippen LogP contribution is 1.97. The normalized spacial score (nSPS) is 11.6. The quantitative estimate of drug-likeness (QED) is 0.624. The van der Waals surface area contributed by atoms with Crippen molar-refractivity contribution in [3.8, 4) is 0 Å². The largest absolute Gasteiger partial charge is 0.480 e. The first-order valence-electron chi connectivity index (χ1n) is 6.88. The van der Waals surface area contributed by atoms with Gasteiger partial charge in [0.25, 0.3) is 0 Å². The molecule has 21 heavy (non-hydrogen) atoms. The van der Waals surface area contributed by atoms with Crippen LogP contribution in [0.25, 0.3) is 0 Å². The van der Waals surface area contributed by atoms with Crippen LogP contribution in [0.3, 0.4) is 0 Å². The second-order valence-corrected chi connectivity index (χ2v) is 4.54. The van der Waals surface area contributed by atoms with Gasteiger partial charge in [-0.1, -0.05) is 0 Å². The van der Waals surface area contributed by atoms with E-state index in [0.717, 1.165) is 0 Å². The van der Waals surface area contributed by atoms with E-state index >= 15 is 0 Å². The SMILES string of the molecule is CCN(CC)C(=O)CN(C)C(=O)NC(CCOC)C(=O)O. The zero-order valence-corrected chi connectivity index (χ0v) is 13.1. The van der Waals surface area contributed by atoms with E-state index in [1.807, 2.05) is 13.8 Å². The molecular weight excluding hydrogens is 278 g/mol. The molecule has 8 nitrogen and oxygen atoms in total. The molecule has 0 saturated heterocycles. The lowest BCUT2D eigenvalue weighted by molar-refractivity contribution is -0.139. The van der Waals surface area contributed by atoms with Gasteiger partial charge in [0, 0.05) is 40.3 Å². The Bertz CT molecular complexity index is 358. The van der Waals surface area contributed by atoms with Gasteiger partial charge in [0.05, 0.1) is 0 Å². The van der Waals surface area contributed by atoms with Crippen molar-refractivity contribution in [1.82, 2.24) is 15.1 Å². The summed E-state index contributed by atoms with van der Waals surface area (Å²) in [6, 6.07) is -1.64. The number of hydrogen-bond acceptors (Lipinski definition) is 4. The fraction of sp³-hybridized carbons (Fsp3) is 0.769. The smallest absolute Gasteiger partial charge is 0.326 e. The molecule has 0 fully saturated rings. The molecule has 0 spiro atoms. The topological polar surface area (TPSA) is 99.2 Å². The standard InChI is InChI=1S/C13H25N3O5/c1-5-16(6-2)11(17)9-15(3)13(20)14-10(12(18)19)7-8-21-4/h10H,5-9H2,1-4H3,(H,14,20)(H,18,19). The first kappa shape index (κ1) is 19.2. The Kier molecular flexibility index (Phi) is 9.11. The zero-order chi connectivity index (χ0) is 16.4. The Morgan fingerprint density at radius 3 is 2.24 bits per heavy atom. The van der Waals surface area contributed by atoms with Crippen LogP contribution in [0.2, 0.25) is 0 Å². The number of amides is 3. The van der Waals surface area contributed by atoms with Crippen molar-refractivity contribution in [1.29, 1.82) is 0 Å². The number of nitrogens with one attached hydrogen (secondary N) is 1. The minimum absolute atomic E-state index is 0.0931. The Balaban J connectivity index is 4.48. The van der Waals surface area contributed by atoms with Crippen LogP contribution in [0.4, 0.5) is 4.79 Å². The average molecular weight is 303 g/mol. The van der Waals surface area contributed by atoms with E-state index in [1.54, 1.807) is 4.90 Å². The number of likely N-dealkylation sites (N-methyl/N-ethyl adjacent to an activating group) is 2. The lowest BCUT2D eigenvalue weighted by atomic mass is 10.2. The van der Waals surface area contributed by atoms with Crippen molar-refractivity contribution in [2.45, 2.75) is 26.3 Å². The molecule has 0 aromatic heterocycles. The van der Waals surface area contributed by atoms with Crippen molar-refractivity contribution in [2.24, 2.45) is 0 Å². The number of urea groups is 1. The van der Waals surface area contributed by atoms with E-state index in [2.05, 4.69) is 5.32 Å². The molecule has 0 aliphatic heterocycles. The number of ether oxygens (including phenoxy) is 1. The maximum absolute atomic E-state index is 11.9. The first-order chi connectivity index (χ1) is 9.87. The average Bonchev–Trinajstić information content (AvgIpc) is 2.43. The van der Waals surface area contributed by atoms with Crippen LogP contribution in [-0.2, 0) is 14.3 Å². The molecule has 0 bridgehead atoms. The molecule has 0 radical (unpaired) electrons. The Hall–Kier alpha value is -1.83. The third kappa shape index (κ3) is 6.94. The lowest BCUT2D eigenvalue weighted by Gasteiger charge is -2.24. The van der Waals surface area contributed by atoms with Gasteiger partial charge >= 0.3 is 12.0 Å². The summed E-state index contributed by atoms with van der Waals surface area (Å²) in [7, 11) is 2.90. The summed E-state index contributed by atoms with van der Waals surface area (Å²) in [6.07, 6.45) is 0.162. The second-order valence-electron chi connectivity index (χ2n) is 4.54. The van der Waals surface area contributed by atoms with E-state index in [9.17, 15) is 14.4 Å². The molecule has 122 valence electrons. The van der Waals surface area contributed by atoms with Gasteiger partial charge in [0.2, 0.25) is 5.91 Å². The predicted molar refractivity (Wildman–Crippen MR) is 77.0 cm³/mol. The van der Waals surface area contributed by atoms with E-state index in [4.69, 9.17) is 9.84 Å². The predicted octanol–water partition coefficient (Wildman–Crippen LogP) is -0.0141. The lowest BCUT2D eigenvalue weighted by Crippen LogP contribution is -2.49. The van der Waals surface area contributed by atoms with Crippen LogP contribution in [0.15, 0.2) is 0 Å². The molecule has 0 rings (SSSR count). The van der Waals surface area contributed by atoms with Gasteiger partial charge in [-0.25, -0.2) is 9.59 Å². The molecule has 2 N–H and O–H groups in total. The van der Waals surface area contributed by atoms with Gasteiger partial charge < -0.3 is 25.0 Å². The minimum Gasteiger partial charge on any atom is -0.480 e. The summed E-state index contributed by atoms with van der Waals surface area (Å²) in [5.41, 5.74) is 0. The van der Waals surface area contributed by atoms with Crippen molar-refractivity contribution in [2.75, 3.05) is 40.4 Å². The molecule has 1 unspecified atom stereocenters. The van der Waals surface area contributed by atoms with Crippen LogP contribution in [0.1, 0.15) is 20.3 Å². The van der Waals surface area contributed by atoms with Gasteiger partial charge in [0.15, 0.2) is 0 Å². The molecular formula is C13H25N3O5. The van der Waals surface area contributed by atoms with Crippen LogP contribution < -0.4 is 5.32 Å². The fourth-order valence-corrected chi connectivity index (χ4v) is 1.70. The number of rotatable bonds is 9. The number of carboxylic acid groups (broad SMARTS) is 1. The van der Waals surface area contributed by atoms with Crippen molar-refractivity contribution >= 4 is 17.9 Å². The van der Waals surface area contributed by atoms with E-state index in [0.29, 0.717) is 13.1 Å². The summed E-state index contributed by atoms with van der Waals surface area (Å²) < 4.78 is 4.80. The molecule has 0 aromatic rings. The van der Waals surface area contributed by atoms with Gasteiger partial charge in [-0.2, -0.15) is 0 Å². The molecule has 0 saturated carbocycles. The second kappa shape index (κ2) is 9.98. The number of carboxylic acids is 1. The number of carbonyl (C=O) groups excluding carboxylic acids is 2. The van der Waals surface area contributed by atoms with Crippen molar-refractivity contribution in [3.63, 3.8) is 0 Å². The molecule has 1 atom stereocenters. The van der Waals surface area contributed by atoms with Gasteiger partial charge in [-0.15, -0.1) is 0 Å². The number of carbonyl (C=O) groups is 3. The third-order valence-electron chi connectivity index (χ3n) is 3.04. The van der Waals surface area contributed by atoms with Gasteiger partial charge in [-0.3, -0.25) is 4.79 Å². The number of aliphatic carboxylic acids is 1. The van der Waals surface area contributed by atoms with Crippen LogP contribution in [0, 0.1) is 0 Å². The maximum Gasteiger partial charge on any atom is 0.326 e. The molecule has 0 aliphatic carbocycles. The zero-order valence-electron chi connectivity index (χ0n) is 13.1. The highest BCUT2D eigenvalue weighted by atomic mass is 16.5. The summed E-state index contributed by atoms with van der Waals surface area (Å²) in [6.45, 7) is 4.97.